The number of carbonyl (C=O) groups is 1. The van der Waals surface area contributed by atoms with Gasteiger partial charge in [0, 0.05) is 24.8 Å². The van der Waals surface area contributed by atoms with E-state index in [0.29, 0.717) is 13.2 Å². The lowest BCUT2D eigenvalue weighted by atomic mass is 9.99. The first-order chi connectivity index (χ1) is 6.75. The summed E-state index contributed by atoms with van der Waals surface area (Å²) >= 11 is 4.05. The molecule has 0 N–H and O–H groups in total. The number of thiol groups is 1. The summed E-state index contributed by atoms with van der Waals surface area (Å²) in [6.07, 6.45) is 2.16. The highest BCUT2D eigenvalue weighted by Gasteiger charge is 2.24. The summed E-state index contributed by atoms with van der Waals surface area (Å²) in [7, 11) is 0. The highest BCUT2D eigenvalue weighted by atomic mass is 32.1. The fourth-order valence-electron chi connectivity index (χ4n) is 1.70. The standard InChI is InChI=1S/C10H19NO2S/c1-9-3-2-4-11(10(9)12)5-6-13-7-8-14/h9,14H,2-8H2,1H3. The van der Waals surface area contributed by atoms with Crippen LogP contribution in [0.15, 0.2) is 0 Å². The first-order valence-corrected chi connectivity index (χ1v) is 5.86. The van der Waals surface area contributed by atoms with Crippen molar-refractivity contribution in [2.24, 2.45) is 5.92 Å². The molecule has 3 nitrogen and oxygen atoms in total. The molecule has 0 spiro atoms. The third-order valence-electron chi connectivity index (χ3n) is 2.54. The number of hydrogen-bond donors (Lipinski definition) is 1. The van der Waals surface area contributed by atoms with Gasteiger partial charge in [-0.1, -0.05) is 6.92 Å². The summed E-state index contributed by atoms with van der Waals surface area (Å²) in [5.74, 6) is 1.23. The molecule has 1 aliphatic rings. The Labute approximate surface area is 91.2 Å². The van der Waals surface area contributed by atoms with Crippen LogP contribution < -0.4 is 0 Å². The van der Waals surface area contributed by atoms with Crippen LogP contribution in [0, 0.1) is 5.92 Å². The Kier molecular flexibility index (Phi) is 5.33. The molecule has 82 valence electrons. The zero-order valence-corrected chi connectivity index (χ0v) is 9.63. The first kappa shape index (κ1) is 11.9. The normalized spacial score (nSPS) is 22.9. The van der Waals surface area contributed by atoms with E-state index < -0.39 is 0 Å². The summed E-state index contributed by atoms with van der Waals surface area (Å²) in [6, 6.07) is 0. The van der Waals surface area contributed by atoms with Gasteiger partial charge in [0.2, 0.25) is 5.91 Å². The summed E-state index contributed by atoms with van der Waals surface area (Å²) in [5.41, 5.74) is 0. The van der Waals surface area contributed by atoms with Crippen molar-refractivity contribution in [2.75, 3.05) is 32.1 Å². The van der Waals surface area contributed by atoms with Crippen molar-refractivity contribution in [1.82, 2.24) is 4.90 Å². The molecular formula is C10H19NO2S. The topological polar surface area (TPSA) is 29.5 Å². The molecule has 1 heterocycles. The number of carbonyl (C=O) groups excluding carboxylic acids is 1. The largest absolute Gasteiger partial charge is 0.379 e. The van der Waals surface area contributed by atoms with E-state index in [1.165, 1.54) is 0 Å². The Bertz CT molecular complexity index is 187. The lowest BCUT2D eigenvalue weighted by molar-refractivity contribution is -0.138. The first-order valence-electron chi connectivity index (χ1n) is 5.23. The van der Waals surface area contributed by atoms with E-state index in [0.717, 1.165) is 31.7 Å². The molecule has 14 heavy (non-hydrogen) atoms. The minimum Gasteiger partial charge on any atom is -0.379 e. The molecule has 4 heteroatoms. The van der Waals surface area contributed by atoms with Crippen LogP contribution in [0.2, 0.25) is 0 Å². The molecule has 1 saturated heterocycles. The van der Waals surface area contributed by atoms with Crippen LogP contribution in [0.1, 0.15) is 19.8 Å². The number of hydrogen-bond acceptors (Lipinski definition) is 3. The average Bonchev–Trinajstić information content (AvgIpc) is 2.19. The highest BCUT2D eigenvalue weighted by Crippen LogP contribution is 2.16. The van der Waals surface area contributed by atoms with E-state index in [9.17, 15) is 4.79 Å². The zero-order chi connectivity index (χ0) is 10.4. The zero-order valence-electron chi connectivity index (χ0n) is 8.74. The van der Waals surface area contributed by atoms with Crippen LogP contribution in [0.4, 0.5) is 0 Å². The van der Waals surface area contributed by atoms with Crippen molar-refractivity contribution >= 4 is 18.5 Å². The Hall–Kier alpha value is -0.220. The van der Waals surface area contributed by atoms with Crippen molar-refractivity contribution in [1.29, 1.82) is 0 Å². The minimum atomic E-state index is 0.202. The maximum atomic E-state index is 11.6. The average molecular weight is 217 g/mol. The van der Waals surface area contributed by atoms with Gasteiger partial charge in [-0.3, -0.25) is 4.79 Å². The van der Waals surface area contributed by atoms with Crippen LogP contribution in [0.5, 0.6) is 0 Å². The van der Waals surface area contributed by atoms with Gasteiger partial charge in [-0.05, 0) is 12.8 Å². The van der Waals surface area contributed by atoms with Crippen molar-refractivity contribution in [3.63, 3.8) is 0 Å². The summed E-state index contributed by atoms with van der Waals surface area (Å²) in [4.78, 5) is 13.6. The molecule has 0 bridgehead atoms. The number of nitrogens with zero attached hydrogens (tertiary/aromatic N) is 1. The van der Waals surface area contributed by atoms with Gasteiger partial charge in [0.05, 0.1) is 13.2 Å². The molecule has 0 aromatic heterocycles. The fourth-order valence-corrected chi connectivity index (χ4v) is 1.83. The van der Waals surface area contributed by atoms with E-state index >= 15 is 0 Å². The van der Waals surface area contributed by atoms with Crippen molar-refractivity contribution in [3.05, 3.63) is 0 Å². The fraction of sp³-hybridized carbons (Fsp3) is 0.900. The van der Waals surface area contributed by atoms with Crippen LogP contribution in [-0.4, -0.2) is 42.9 Å². The predicted molar refractivity (Wildman–Crippen MR) is 59.7 cm³/mol. The summed E-state index contributed by atoms with van der Waals surface area (Å²) in [6.45, 7) is 4.94. The number of rotatable bonds is 5. The monoisotopic (exact) mass is 217 g/mol. The Morgan fingerprint density at radius 1 is 1.57 bits per heavy atom. The second kappa shape index (κ2) is 6.30. The molecular weight excluding hydrogens is 198 g/mol. The van der Waals surface area contributed by atoms with Crippen LogP contribution in [0.3, 0.4) is 0 Å². The summed E-state index contributed by atoms with van der Waals surface area (Å²) in [5, 5.41) is 0. The number of likely N-dealkylation sites (tertiary alicyclic amines) is 1. The Morgan fingerprint density at radius 3 is 3.07 bits per heavy atom. The van der Waals surface area contributed by atoms with E-state index in [1.807, 2.05) is 11.8 Å². The van der Waals surface area contributed by atoms with Gasteiger partial charge in [0.25, 0.3) is 0 Å². The molecule has 1 rings (SSSR count). The Morgan fingerprint density at radius 2 is 2.36 bits per heavy atom. The second-order valence-corrected chi connectivity index (χ2v) is 4.15. The van der Waals surface area contributed by atoms with Crippen LogP contribution in [-0.2, 0) is 9.53 Å². The molecule has 0 radical (unpaired) electrons. The van der Waals surface area contributed by atoms with Gasteiger partial charge in [0.15, 0.2) is 0 Å². The van der Waals surface area contributed by atoms with Crippen LogP contribution in [0.25, 0.3) is 0 Å². The third-order valence-corrected chi connectivity index (χ3v) is 2.72. The third kappa shape index (κ3) is 3.50. The molecule has 0 aromatic carbocycles. The summed E-state index contributed by atoms with van der Waals surface area (Å²) < 4.78 is 5.30. The van der Waals surface area contributed by atoms with Crippen LogP contribution >= 0.6 is 12.6 Å². The lowest BCUT2D eigenvalue weighted by Gasteiger charge is -2.30. The molecule has 1 atom stereocenters. The van der Waals surface area contributed by atoms with E-state index in [-0.39, 0.29) is 11.8 Å². The maximum Gasteiger partial charge on any atom is 0.225 e. The lowest BCUT2D eigenvalue weighted by Crippen LogP contribution is -2.41. The maximum absolute atomic E-state index is 11.6. The number of amides is 1. The van der Waals surface area contributed by atoms with Crippen molar-refractivity contribution in [2.45, 2.75) is 19.8 Å². The van der Waals surface area contributed by atoms with Crippen molar-refractivity contribution < 1.29 is 9.53 Å². The van der Waals surface area contributed by atoms with E-state index in [4.69, 9.17) is 4.74 Å². The second-order valence-electron chi connectivity index (χ2n) is 3.70. The van der Waals surface area contributed by atoms with Gasteiger partial charge < -0.3 is 9.64 Å². The number of piperidine rings is 1. The molecule has 0 saturated carbocycles. The SMILES string of the molecule is CC1CCCN(CCOCCS)C1=O. The molecule has 1 amide bonds. The molecule has 0 aliphatic carbocycles. The van der Waals surface area contributed by atoms with Gasteiger partial charge in [-0.25, -0.2) is 0 Å². The number of ether oxygens (including phenoxy) is 1. The molecule has 0 aromatic rings. The van der Waals surface area contributed by atoms with Gasteiger partial charge in [0.1, 0.15) is 0 Å². The molecule has 1 aliphatic heterocycles. The predicted octanol–water partition coefficient (Wildman–Crippen LogP) is 1.19. The Balaban J connectivity index is 2.19. The van der Waals surface area contributed by atoms with Crippen molar-refractivity contribution in [3.8, 4) is 0 Å². The van der Waals surface area contributed by atoms with Gasteiger partial charge in [-0.15, -0.1) is 0 Å². The smallest absolute Gasteiger partial charge is 0.225 e. The molecule has 1 fully saturated rings. The van der Waals surface area contributed by atoms with Gasteiger partial charge in [-0.2, -0.15) is 12.6 Å². The molecule has 1 unspecified atom stereocenters. The minimum absolute atomic E-state index is 0.202. The van der Waals surface area contributed by atoms with Gasteiger partial charge >= 0.3 is 0 Å². The van der Waals surface area contributed by atoms with E-state index in [1.54, 1.807) is 0 Å². The highest BCUT2D eigenvalue weighted by molar-refractivity contribution is 7.80. The quantitative estimate of drug-likeness (QED) is 0.554. The van der Waals surface area contributed by atoms with E-state index in [2.05, 4.69) is 12.6 Å².